The highest BCUT2D eigenvalue weighted by Crippen LogP contribution is 2.10. The maximum absolute atomic E-state index is 9.15. The molecule has 18 heavy (non-hydrogen) atoms. The molecule has 4 heteroatoms. The van der Waals surface area contributed by atoms with Gasteiger partial charge in [-0.1, -0.05) is 0 Å². The van der Waals surface area contributed by atoms with Crippen molar-refractivity contribution in [1.82, 2.24) is 5.32 Å². The predicted molar refractivity (Wildman–Crippen MR) is 73.4 cm³/mol. The van der Waals surface area contributed by atoms with Crippen LogP contribution in [0.15, 0.2) is 0 Å². The molecule has 0 radical (unpaired) electrons. The lowest BCUT2D eigenvalue weighted by atomic mass is 9.99. The zero-order valence-corrected chi connectivity index (χ0v) is 12.7. The summed E-state index contributed by atoms with van der Waals surface area (Å²) < 4.78 is 11.0. The van der Waals surface area contributed by atoms with Crippen molar-refractivity contribution in [3.63, 3.8) is 0 Å². The van der Waals surface area contributed by atoms with Gasteiger partial charge in [0.05, 0.1) is 24.9 Å². The van der Waals surface area contributed by atoms with E-state index in [4.69, 9.17) is 14.7 Å². The van der Waals surface area contributed by atoms with Crippen molar-refractivity contribution in [3.8, 4) is 6.07 Å². The lowest BCUT2D eigenvalue weighted by Gasteiger charge is -2.26. The van der Waals surface area contributed by atoms with Crippen LogP contribution >= 0.6 is 0 Å². The van der Waals surface area contributed by atoms with E-state index in [-0.39, 0.29) is 5.60 Å². The van der Waals surface area contributed by atoms with Gasteiger partial charge in [0, 0.05) is 19.1 Å². The molecular formula is C14H28N2O2. The molecule has 0 saturated carbocycles. The Balaban J connectivity index is 3.73. The van der Waals surface area contributed by atoms with Crippen LogP contribution in [0.1, 0.15) is 48.0 Å². The zero-order chi connectivity index (χ0) is 14.2. The highest BCUT2D eigenvalue weighted by molar-refractivity contribution is 5.04. The van der Waals surface area contributed by atoms with E-state index >= 15 is 0 Å². The number of rotatable bonds is 8. The van der Waals surface area contributed by atoms with Crippen LogP contribution in [0.5, 0.6) is 0 Å². The minimum atomic E-state index is -0.515. The summed E-state index contributed by atoms with van der Waals surface area (Å²) in [6.45, 7) is 13.8. The summed E-state index contributed by atoms with van der Waals surface area (Å²) in [7, 11) is 0. The van der Waals surface area contributed by atoms with E-state index < -0.39 is 5.54 Å². The molecule has 0 aromatic carbocycles. The van der Waals surface area contributed by atoms with Gasteiger partial charge < -0.3 is 9.47 Å². The molecule has 0 aliphatic heterocycles. The number of hydrogen-bond donors (Lipinski definition) is 1. The SMILES string of the molecule is CC(C)NC(C)(C#N)CCOCCOC(C)(C)C. The first-order valence-corrected chi connectivity index (χ1v) is 6.59. The molecular weight excluding hydrogens is 228 g/mol. The molecule has 0 rings (SSSR count). The molecule has 0 saturated heterocycles. The lowest BCUT2D eigenvalue weighted by molar-refractivity contribution is -0.0362. The van der Waals surface area contributed by atoms with E-state index in [2.05, 4.69) is 11.4 Å². The van der Waals surface area contributed by atoms with Crippen LogP contribution in [0.2, 0.25) is 0 Å². The van der Waals surface area contributed by atoms with Gasteiger partial charge in [0.2, 0.25) is 0 Å². The van der Waals surface area contributed by atoms with Crippen molar-refractivity contribution in [2.45, 2.75) is 65.1 Å². The standard InChI is InChI=1S/C14H28N2O2/c1-12(2)16-14(6,11-15)7-8-17-9-10-18-13(3,4)5/h12,16H,7-10H2,1-6H3. The van der Waals surface area contributed by atoms with Crippen molar-refractivity contribution in [2.75, 3.05) is 19.8 Å². The number of nitrogens with zero attached hydrogens (tertiary/aromatic N) is 1. The summed E-state index contributed by atoms with van der Waals surface area (Å²) in [6.07, 6.45) is 0.678. The maximum atomic E-state index is 9.15. The third kappa shape index (κ3) is 9.41. The third-order valence-electron chi connectivity index (χ3n) is 2.36. The van der Waals surface area contributed by atoms with Crippen molar-refractivity contribution < 1.29 is 9.47 Å². The monoisotopic (exact) mass is 256 g/mol. The van der Waals surface area contributed by atoms with Crippen molar-refractivity contribution >= 4 is 0 Å². The number of ether oxygens (including phenoxy) is 2. The van der Waals surface area contributed by atoms with Crippen LogP contribution in [0, 0.1) is 11.3 Å². The molecule has 1 unspecified atom stereocenters. The highest BCUT2D eigenvalue weighted by atomic mass is 16.5. The molecule has 0 spiro atoms. The average Bonchev–Trinajstić information content (AvgIpc) is 2.20. The molecule has 0 fully saturated rings. The fraction of sp³-hybridized carbons (Fsp3) is 0.929. The summed E-state index contributed by atoms with van der Waals surface area (Å²) >= 11 is 0. The van der Waals surface area contributed by atoms with E-state index in [9.17, 15) is 0 Å². The molecule has 106 valence electrons. The summed E-state index contributed by atoms with van der Waals surface area (Å²) in [4.78, 5) is 0. The Bertz CT molecular complexity index is 266. The first-order chi connectivity index (χ1) is 8.18. The quantitative estimate of drug-likeness (QED) is 0.678. The van der Waals surface area contributed by atoms with Gasteiger partial charge in [0.15, 0.2) is 0 Å². The molecule has 4 nitrogen and oxygen atoms in total. The second-order valence-electron chi connectivity index (χ2n) is 6.07. The normalized spacial score (nSPS) is 15.4. The second kappa shape index (κ2) is 7.73. The van der Waals surface area contributed by atoms with Crippen molar-refractivity contribution in [2.24, 2.45) is 0 Å². The van der Waals surface area contributed by atoms with E-state index in [1.807, 2.05) is 41.5 Å². The Labute approximate surface area is 112 Å². The maximum Gasteiger partial charge on any atom is 0.106 e. The van der Waals surface area contributed by atoms with Crippen LogP contribution < -0.4 is 5.32 Å². The third-order valence-corrected chi connectivity index (χ3v) is 2.36. The van der Waals surface area contributed by atoms with Gasteiger partial charge in [-0.15, -0.1) is 0 Å². The lowest BCUT2D eigenvalue weighted by Crippen LogP contribution is -2.45. The smallest absolute Gasteiger partial charge is 0.106 e. The van der Waals surface area contributed by atoms with E-state index in [1.165, 1.54) is 0 Å². The van der Waals surface area contributed by atoms with Crippen LogP contribution in [0.25, 0.3) is 0 Å². The number of nitriles is 1. The van der Waals surface area contributed by atoms with E-state index in [0.29, 0.717) is 32.3 Å². The first-order valence-electron chi connectivity index (χ1n) is 6.59. The summed E-state index contributed by atoms with van der Waals surface area (Å²) in [5.74, 6) is 0. The van der Waals surface area contributed by atoms with Crippen LogP contribution in [-0.4, -0.2) is 37.0 Å². The van der Waals surface area contributed by atoms with Crippen molar-refractivity contribution in [1.29, 1.82) is 5.26 Å². The molecule has 0 aliphatic carbocycles. The van der Waals surface area contributed by atoms with Gasteiger partial charge >= 0.3 is 0 Å². The molecule has 1 N–H and O–H groups in total. The average molecular weight is 256 g/mol. The molecule has 0 bridgehead atoms. The summed E-state index contributed by atoms with van der Waals surface area (Å²) in [5.41, 5.74) is -0.636. The fourth-order valence-electron chi connectivity index (χ4n) is 1.58. The van der Waals surface area contributed by atoms with Gasteiger partial charge in [-0.25, -0.2) is 0 Å². The van der Waals surface area contributed by atoms with E-state index in [1.54, 1.807) is 0 Å². The Morgan fingerprint density at radius 3 is 2.17 bits per heavy atom. The minimum absolute atomic E-state index is 0.121. The van der Waals surface area contributed by atoms with Gasteiger partial charge in [0.1, 0.15) is 5.54 Å². The van der Waals surface area contributed by atoms with Crippen LogP contribution in [0.3, 0.4) is 0 Å². The number of nitrogens with one attached hydrogen (secondary N) is 1. The van der Waals surface area contributed by atoms with Crippen LogP contribution in [-0.2, 0) is 9.47 Å². The molecule has 0 aliphatic rings. The van der Waals surface area contributed by atoms with Crippen molar-refractivity contribution in [3.05, 3.63) is 0 Å². The zero-order valence-electron chi connectivity index (χ0n) is 12.7. The Hall–Kier alpha value is -0.630. The summed E-state index contributed by atoms with van der Waals surface area (Å²) in [5, 5.41) is 12.4. The van der Waals surface area contributed by atoms with Gasteiger partial charge in [-0.05, 0) is 41.5 Å². The summed E-state index contributed by atoms with van der Waals surface area (Å²) in [6, 6.07) is 2.59. The fourth-order valence-corrected chi connectivity index (χ4v) is 1.58. The van der Waals surface area contributed by atoms with Gasteiger partial charge in [-0.2, -0.15) is 5.26 Å². The highest BCUT2D eigenvalue weighted by Gasteiger charge is 2.23. The molecule has 0 amide bonds. The topological polar surface area (TPSA) is 54.3 Å². The number of hydrogen-bond acceptors (Lipinski definition) is 4. The van der Waals surface area contributed by atoms with Crippen LogP contribution in [0.4, 0.5) is 0 Å². The van der Waals surface area contributed by atoms with Gasteiger partial charge in [0.25, 0.3) is 0 Å². The largest absolute Gasteiger partial charge is 0.379 e. The molecule has 1 atom stereocenters. The van der Waals surface area contributed by atoms with E-state index in [0.717, 1.165) is 0 Å². The molecule has 0 heterocycles. The molecule has 0 aromatic rings. The Morgan fingerprint density at radius 1 is 1.11 bits per heavy atom. The molecule has 0 aromatic heterocycles. The Kier molecular flexibility index (Phi) is 7.46. The second-order valence-corrected chi connectivity index (χ2v) is 6.07. The minimum Gasteiger partial charge on any atom is -0.379 e. The Morgan fingerprint density at radius 2 is 1.72 bits per heavy atom. The predicted octanol–water partition coefficient (Wildman–Crippen LogP) is 2.49. The first kappa shape index (κ1) is 17.4. The van der Waals surface area contributed by atoms with Gasteiger partial charge in [-0.3, -0.25) is 5.32 Å².